The molecule has 0 amide bonds. The molecule has 0 fully saturated rings. The Kier molecular flexibility index (Phi) is 7.65. The summed E-state index contributed by atoms with van der Waals surface area (Å²) in [5.74, 6) is -31.0. The van der Waals surface area contributed by atoms with Gasteiger partial charge < -0.3 is 4.55 Å². The van der Waals surface area contributed by atoms with Crippen LogP contribution in [-0.2, 0) is 10.1 Å². The maximum atomic E-state index is 12.7. The molecule has 3 nitrogen and oxygen atoms in total. The number of alkyl halides is 12. The van der Waals surface area contributed by atoms with Crippen molar-refractivity contribution in [1.29, 1.82) is 0 Å². The minimum atomic E-state index is -8.03. The zero-order valence-electron chi connectivity index (χ0n) is 10.2. The third-order valence-corrected chi connectivity index (χ3v) is 3.05. The minimum Gasteiger partial charge on any atom is -0.743 e. The molecule has 0 aromatic carbocycles. The van der Waals surface area contributed by atoms with Gasteiger partial charge in [0.15, 0.2) is 10.1 Å². The molecule has 0 bridgehead atoms. The van der Waals surface area contributed by atoms with Gasteiger partial charge in [-0.25, -0.2) is 17.2 Å². The molecule has 0 atom stereocenters. The van der Waals surface area contributed by atoms with Crippen molar-refractivity contribution in [2.75, 3.05) is 0 Å². The van der Waals surface area contributed by atoms with Crippen molar-refractivity contribution in [2.45, 2.75) is 35.4 Å². The first-order valence-corrected chi connectivity index (χ1v) is 5.73. The molecule has 134 valence electrons. The van der Waals surface area contributed by atoms with E-state index < -0.39 is 45.5 Å². The van der Waals surface area contributed by atoms with E-state index in [1.54, 1.807) is 0 Å². The fourth-order valence-corrected chi connectivity index (χ4v) is 1.33. The van der Waals surface area contributed by atoms with Gasteiger partial charge in [0.2, 0.25) is 0 Å². The smallest absolute Gasteiger partial charge is 0.743 e. The Labute approximate surface area is 161 Å². The van der Waals surface area contributed by atoms with Crippen LogP contribution in [0.5, 0.6) is 0 Å². The molecule has 0 aliphatic heterocycles. The Morgan fingerprint density at radius 3 is 1.22 bits per heavy atom. The van der Waals surface area contributed by atoms with Gasteiger partial charge in [0.1, 0.15) is 0 Å². The molecule has 0 radical (unpaired) electrons. The van der Waals surface area contributed by atoms with Crippen LogP contribution in [0.1, 0.15) is 0 Å². The van der Waals surface area contributed by atoms with Crippen molar-refractivity contribution in [1.82, 2.24) is 0 Å². The van der Waals surface area contributed by atoms with Crippen LogP contribution < -0.4 is 51.4 Å². The molecule has 0 aliphatic carbocycles. The van der Waals surface area contributed by atoms with E-state index in [-0.39, 0.29) is 51.4 Å². The van der Waals surface area contributed by atoms with Crippen molar-refractivity contribution in [2.24, 2.45) is 0 Å². The van der Waals surface area contributed by atoms with Crippen LogP contribution in [0.25, 0.3) is 0 Å². The second-order valence-electron chi connectivity index (χ2n) is 3.62. The molecular weight excluding hydrogens is 419 g/mol. The van der Waals surface area contributed by atoms with Crippen LogP contribution in [-0.4, -0.2) is 48.3 Å². The van der Waals surface area contributed by atoms with E-state index in [9.17, 15) is 65.7 Å². The first-order chi connectivity index (χ1) is 9.19. The number of hydrogen-bond donors (Lipinski definition) is 0. The Balaban J connectivity index is 0. The monoisotopic (exact) mass is 420 g/mol. The molecule has 0 aromatic rings. The molecule has 0 aromatic heterocycles. The standard InChI is InChI=1S/C6H2F12O3S.K/c7-1(8)2(9,10)3(11,12)4(13,14)5(15,16)6(17,18)22(19,20)21;/h1H,(H,19,20,21);/q;+1/p-1. The molecule has 23 heavy (non-hydrogen) atoms. The summed E-state index contributed by atoms with van der Waals surface area (Å²) in [6.45, 7) is 0. The van der Waals surface area contributed by atoms with Gasteiger partial charge in [-0.05, 0) is 0 Å². The van der Waals surface area contributed by atoms with E-state index in [0.717, 1.165) is 0 Å². The number of hydrogen-bond acceptors (Lipinski definition) is 3. The van der Waals surface area contributed by atoms with Gasteiger partial charge in [-0.1, -0.05) is 0 Å². The predicted molar refractivity (Wildman–Crippen MR) is 40.4 cm³/mol. The van der Waals surface area contributed by atoms with Crippen molar-refractivity contribution in [3.05, 3.63) is 0 Å². The van der Waals surface area contributed by atoms with E-state index in [0.29, 0.717) is 0 Å². The fraction of sp³-hybridized carbons (Fsp3) is 1.00. The largest absolute Gasteiger partial charge is 1.00 e. The molecule has 17 heteroatoms. The first kappa shape index (κ1) is 25.9. The van der Waals surface area contributed by atoms with Crippen LogP contribution in [0.15, 0.2) is 0 Å². The van der Waals surface area contributed by atoms with E-state index in [4.69, 9.17) is 0 Å². The topological polar surface area (TPSA) is 57.2 Å². The third-order valence-electron chi connectivity index (χ3n) is 2.16. The van der Waals surface area contributed by atoms with Gasteiger partial charge in [-0.3, -0.25) is 0 Å². The maximum Gasteiger partial charge on any atom is 1.00 e. The van der Waals surface area contributed by atoms with Gasteiger partial charge in [-0.2, -0.15) is 43.9 Å². The number of halogens is 12. The Morgan fingerprint density at radius 2 is 1.00 bits per heavy atom. The van der Waals surface area contributed by atoms with Crippen LogP contribution in [0, 0.1) is 0 Å². The second kappa shape index (κ2) is 6.79. The zero-order valence-corrected chi connectivity index (χ0v) is 14.2. The van der Waals surface area contributed by atoms with Gasteiger partial charge in [0, 0.05) is 0 Å². The molecule has 0 unspecified atom stereocenters. The Hall–Kier alpha value is 0.706. The van der Waals surface area contributed by atoms with Gasteiger partial charge in [0.05, 0.1) is 0 Å². The molecule has 0 N–H and O–H groups in total. The summed E-state index contributed by atoms with van der Waals surface area (Å²) in [5, 5.41) is -7.49. The quantitative estimate of drug-likeness (QED) is 0.344. The molecule has 0 spiro atoms. The van der Waals surface area contributed by atoms with Crippen molar-refractivity contribution in [3.63, 3.8) is 0 Å². The molecule has 0 rings (SSSR count). The van der Waals surface area contributed by atoms with Crippen LogP contribution in [0.3, 0.4) is 0 Å². The van der Waals surface area contributed by atoms with Crippen LogP contribution in [0.2, 0.25) is 0 Å². The van der Waals surface area contributed by atoms with Crippen LogP contribution in [0.4, 0.5) is 52.7 Å². The predicted octanol–water partition coefficient (Wildman–Crippen LogP) is -0.0653. The zero-order chi connectivity index (χ0) is 18.6. The van der Waals surface area contributed by atoms with Crippen molar-refractivity contribution in [3.8, 4) is 0 Å². The van der Waals surface area contributed by atoms with E-state index >= 15 is 0 Å². The summed E-state index contributed by atoms with van der Waals surface area (Å²) in [5.41, 5.74) is 0. The van der Waals surface area contributed by atoms with Gasteiger partial charge in [-0.15, -0.1) is 0 Å². The van der Waals surface area contributed by atoms with Crippen molar-refractivity contribution >= 4 is 10.1 Å². The van der Waals surface area contributed by atoms with Gasteiger partial charge >= 0.3 is 86.8 Å². The summed E-state index contributed by atoms with van der Waals surface area (Å²) in [6, 6.07) is 0. The molecular formula is C6HF12KO3S. The summed E-state index contributed by atoms with van der Waals surface area (Å²) >= 11 is 0. The molecule has 0 saturated carbocycles. The Bertz CT molecular complexity index is 529. The summed E-state index contributed by atoms with van der Waals surface area (Å²) in [7, 11) is -7.75. The second-order valence-corrected chi connectivity index (χ2v) is 5.04. The van der Waals surface area contributed by atoms with E-state index in [2.05, 4.69) is 0 Å². The van der Waals surface area contributed by atoms with E-state index in [1.165, 1.54) is 0 Å². The third kappa shape index (κ3) is 3.64. The minimum absolute atomic E-state index is 0. The summed E-state index contributed by atoms with van der Waals surface area (Å²) in [4.78, 5) is 0. The Morgan fingerprint density at radius 1 is 0.696 bits per heavy atom. The average molecular weight is 420 g/mol. The molecule has 0 aliphatic rings. The SMILES string of the molecule is O=S(=O)([O-])C(F)(F)C(F)(F)C(F)(F)C(F)(F)C(F)(F)C(F)F.[K+]. The fourth-order valence-electron chi connectivity index (χ4n) is 0.883. The maximum absolute atomic E-state index is 12.7. The molecule has 0 saturated heterocycles. The number of rotatable bonds is 6. The molecule has 0 heterocycles. The van der Waals surface area contributed by atoms with Gasteiger partial charge in [0.25, 0.3) is 0 Å². The van der Waals surface area contributed by atoms with E-state index in [1.807, 2.05) is 0 Å². The summed E-state index contributed by atoms with van der Waals surface area (Å²) in [6.07, 6.45) is -5.71. The first-order valence-electron chi connectivity index (χ1n) is 4.32. The average Bonchev–Trinajstić information content (AvgIpc) is 2.25. The normalized spacial score (nSPS) is 15.6. The van der Waals surface area contributed by atoms with Crippen LogP contribution >= 0.6 is 0 Å². The van der Waals surface area contributed by atoms with Crippen molar-refractivity contribution < 1.29 is 117 Å². The summed E-state index contributed by atoms with van der Waals surface area (Å²) < 4.78 is 177.